The molecule has 1 aromatic rings. The summed E-state index contributed by atoms with van der Waals surface area (Å²) in [5.74, 6) is 0.516. The van der Waals surface area contributed by atoms with Crippen LogP contribution in [-0.2, 0) is 9.84 Å². The molecule has 6 heteroatoms. The molecule has 1 rings (SSSR count). The molecular weight excluding hydrogens is 226 g/mol. The summed E-state index contributed by atoms with van der Waals surface area (Å²) in [6.45, 7) is 1.95. The Morgan fingerprint density at radius 1 is 1.50 bits per heavy atom. The summed E-state index contributed by atoms with van der Waals surface area (Å²) in [7, 11) is -1.62. The first kappa shape index (κ1) is 12.9. The fraction of sp³-hybridized carbons (Fsp3) is 0.500. The van der Waals surface area contributed by atoms with Crippen LogP contribution in [0.4, 0.5) is 5.82 Å². The molecule has 0 aliphatic rings. The third-order valence-electron chi connectivity index (χ3n) is 2.33. The number of hydrogen-bond acceptors (Lipinski definition) is 5. The van der Waals surface area contributed by atoms with Crippen molar-refractivity contribution in [1.29, 1.82) is 0 Å². The molecule has 5 nitrogen and oxygen atoms in total. The molecule has 1 heterocycles. The minimum atomic E-state index is -3.31. The lowest BCUT2D eigenvalue weighted by Crippen LogP contribution is -2.12. The van der Waals surface area contributed by atoms with E-state index < -0.39 is 9.84 Å². The van der Waals surface area contributed by atoms with Crippen molar-refractivity contribution in [2.24, 2.45) is 5.73 Å². The molecular formula is C10H17N3O2S. The maximum Gasteiger partial charge on any atom is 0.192 e. The van der Waals surface area contributed by atoms with E-state index in [-0.39, 0.29) is 11.1 Å². The number of nitrogens with zero attached hydrogens (tertiary/aromatic N) is 1. The Balaban J connectivity index is 3.32. The Morgan fingerprint density at radius 3 is 2.56 bits per heavy atom. The molecule has 0 saturated carbocycles. The van der Waals surface area contributed by atoms with E-state index in [1.807, 2.05) is 6.92 Å². The molecule has 1 atom stereocenters. The van der Waals surface area contributed by atoms with Crippen molar-refractivity contribution in [3.8, 4) is 0 Å². The molecule has 0 fully saturated rings. The molecule has 0 aliphatic heterocycles. The standard InChI is InChI=1S/C10H17N3O2S/c1-4-8(11)7-5-9(12-2)13-10(6-7)16(3,14)15/h5-6,8H,4,11H2,1-3H3,(H,12,13)/t8-/m0/s1. The number of sulfone groups is 1. The third-order valence-corrected chi connectivity index (χ3v) is 3.30. The highest BCUT2D eigenvalue weighted by molar-refractivity contribution is 7.90. The van der Waals surface area contributed by atoms with E-state index in [4.69, 9.17) is 5.73 Å². The summed E-state index contributed by atoms with van der Waals surface area (Å²) in [6.07, 6.45) is 1.88. The van der Waals surface area contributed by atoms with Gasteiger partial charge in [0.15, 0.2) is 14.9 Å². The average Bonchev–Trinajstić information content (AvgIpc) is 2.26. The van der Waals surface area contributed by atoms with Crippen molar-refractivity contribution in [3.05, 3.63) is 17.7 Å². The van der Waals surface area contributed by atoms with E-state index in [1.165, 1.54) is 6.07 Å². The van der Waals surface area contributed by atoms with Gasteiger partial charge in [-0.15, -0.1) is 0 Å². The van der Waals surface area contributed by atoms with Gasteiger partial charge in [-0.25, -0.2) is 13.4 Å². The van der Waals surface area contributed by atoms with Crippen molar-refractivity contribution < 1.29 is 8.42 Å². The molecule has 90 valence electrons. The van der Waals surface area contributed by atoms with Gasteiger partial charge in [0.1, 0.15) is 5.82 Å². The van der Waals surface area contributed by atoms with Crippen molar-refractivity contribution in [1.82, 2.24) is 4.98 Å². The summed E-state index contributed by atoms with van der Waals surface area (Å²) in [5, 5.41) is 2.88. The Bertz CT molecular complexity index is 471. The summed E-state index contributed by atoms with van der Waals surface area (Å²) in [6, 6.07) is 3.13. The van der Waals surface area contributed by atoms with Crippen molar-refractivity contribution in [3.63, 3.8) is 0 Å². The van der Waals surface area contributed by atoms with Gasteiger partial charge < -0.3 is 11.1 Å². The van der Waals surface area contributed by atoms with Gasteiger partial charge in [0.05, 0.1) is 0 Å². The van der Waals surface area contributed by atoms with E-state index in [9.17, 15) is 8.42 Å². The summed E-state index contributed by atoms with van der Waals surface area (Å²) in [4.78, 5) is 3.99. The zero-order valence-corrected chi connectivity index (χ0v) is 10.5. The first-order valence-corrected chi connectivity index (χ1v) is 6.93. The highest BCUT2D eigenvalue weighted by Gasteiger charge is 2.14. The van der Waals surface area contributed by atoms with E-state index in [2.05, 4.69) is 10.3 Å². The van der Waals surface area contributed by atoms with Crippen LogP contribution in [0.15, 0.2) is 17.2 Å². The molecule has 0 aromatic carbocycles. The summed E-state index contributed by atoms with van der Waals surface area (Å²) < 4.78 is 22.9. The molecule has 16 heavy (non-hydrogen) atoms. The quantitative estimate of drug-likeness (QED) is 0.822. The molecule has 0 unspecified atom stereocenters. The highest BCUT2D eigenvalue weighted by atomic mass is 32.2. The maximum absolute atomic E-state index is 11.4. The number of rotatable bonds is 4. The Morgan fingerprint density at radius 2 is 2.12 bits per heavy atom. The number of anilines is 1. The largest absolute Gasteiger partial charge is 0.373 e. The summed E-state index contributed by atoms with van der Waals surface area (Å²) in [5.41, 5.74) is 6.66. The van der Waals surface area contributed by atoms with Crippen LogP contribution in [0.2, 0.25) is 0 Å². The minimum absolute atomic E-state index is 0.0539. The lowest BCUT2D eigenvalue weighted by atomic mass is 10.1. The van der Waals surface area contributed by atoms with Crippen LogP contribution >= 0.6 is 0 Å². The number of aromatic nitrogens is 1. The van der Waals surface area contributed by atoms with Gasteiger partial charge in [-0.05, 0) is 24.1 Å². The van der Waals surface area contributed by atoms with E-state index >= 15 is 0 Å². The van der Waals surface area contributed by atoms with Crippen LogP contribution < -0.4 is 11.1 Å². The van der Waals surface area contributed by atoms with Crippen LogP contribution in [-0.4, -0.2) is 26.7 Å². The molecule has 0 aliphatic carbocycles. The van der Waals surface area contributed by atoms with Gasteiger partial charge in [0.2, 0.25) is 0 Å². The van der Waals surface area contributed by atoms with Gasteiger partial charge in [-0.2, -0.15) is 0 Å². The lowest BCUT2D eigenvalue weighted by molar-refractivity contribution is 0.597. The molecule has 0 radical (unpaired) electrons. The SMILES string of the molecule is CC[C@H](N)c1cc(NC)nc(S(C)(=O)=O)c1. The Labute approximate surface area is 96.0 Å². The second kappa shape index (κ2) is 4.80. The average molecular weight is 243 g/mol. The van der Waals surface area contributed by atoms with Crippen LogP contribution in [0, 0.1) is 0 Å². The zero-order valence-electron chi connectivity index (χ0n) is 9.69. The topological polar surface area (TPSA) is 85.1 Å². The Hall–Kier alpha value is -1.14. The minimum Gasteiger partial charge on any atom is -0.373 e. The molecule has 1 aromatic heterocycles. The first-order valence-electron chi connectivity index (χ1n) is 5.03. The van der Waals surface area contributed by atoms with Crippen molar-refractivity contribution >= 4 is 15.7 Å². The van der Waals surface area contributed by atoms with Crippen LogP contribution in [0.5, 0.6) is 0 Å². The number of hydrogen-bond donors (Lipinski definition) is 2. The van der Waals surface area contributed by atoms with Gasteiger partial charge in [-0.1, -0.05) is 6.92 Å². The van der Waals surface area contributed by atoms with Gasteiger partial charge in [-0.3, -0.25) is 0 Å². The summed E-state index contributed by atoms with van der Waals surface area (Å²) >= 11 is 0. The molecule has 0 bridgehead atoms. The van der Waals surface area contributed by atoms with E-state index in [0.717, 1.165) is 18.2 Å². The Kier molecular flexibility index (Phi) is 3.88. The van der Waals surface area contributed by atoms with Gasteiger partial charge in [0, 0.05) is 19.3 Å². The number of nitrogens with two attached hydrogens (primary N) is 1. The monoisotopic (exact) mass is 243 g/mol. The first-order chi connectivity index (χ1) is 7.38. The van der Waals surface area contributed by atoms with E-state index in [0.29, 0.717) is 5.82 Å². The van der Waals surface area contributed by atoms with Crippen LogP contribution in [0.3, 0.4) is 0 Å². The third kappa shape index (κ3) is 2.93. The van der Waals surface area contributed by atoms with Gasteiger partial charge >= 0.3 is 0 Å². The second-order valence-corrected chi connectivity index (χ2v) is 5.62. The van der Waals surface area contributed by atoms with Crippen molar-refractivity contribution in [2.75, 3.05) is 18.6 Å². The lowest BCUT2D eigenvalue weighted by Gasteiger charge is -2.12. The fourth-order valence-corrected chi connectivity index (χ4v) is 1.91. The molecule has 0 amide bonds. The fourth-order valence-electron chi connectivity index (χ4n) is 1.29. The smallest absolute Gasteiger partial charge is 0.192 e. The normalized spacial score (nSPS) is 13.5. The zero-order chi connectivity index (χ0) is 12.3. The van der Waals surface area contributed by atoms with Gasteiger partial charge in [0.25, 0.3) is 0 Å². The predicted molar refractivity (Wildman–Crippen MR) is 64.1 cm³/mol. The van der Waals surface area contributed by atoms with Crippen LogP contribution in [0.25, 0.3) is 0 Å². The highest BCUT2D eigenvalue weighted by Crippen LogP contribution is 2.20. The molecule has 0 saturated heterocycles. The second-order valence-electron chi connectivity index (χ2n) is 3.66. The van der Waals surface area contributed by atoms with Crippen molar-refractivity contribution in [2.45, 2.75) is 24.4 Å². The number of pyridine rings is 1. The molecule has 3 N–H and O–H groups in total. The maximum atomic E-state index is 11.4. The van der Waals surface area contributed by atoms with E-state index in [1.54, 1.807) is 13.1 Å². The number of nitrogens with one attached hydrogen (secondary N) is 1. The van der Waals surface area contributed by atoms with Crippen LogP contribution in [0.1, 0.15) is 24.9 Å². The molecule has 0 spiro atoms. The predicted octanol–water partition coefficient (Wildman–Crippen LogP) is 0.937.